The topological polar surface area (TPSA) is 38.5 Å². The van der Waals surface area contributed by atoms with E-state index >= 15 is 0 Å². The second kappa shape index (κ2) is 7.34. The van der Waals surface area contributed by atoms with Crippen LogP contribution in [0.15, 0.2) is 0 Å². The second-order valence-corrected chi connectivity index (χ2v) is 5.59. The first-order valence-electron chi connectivity index (χ1n) is 7.44. The first-order chi connectivity index (χ1) is 8.40. The molecular weight excluding hydrogens is 212 g/mol. The van der Waals surface area contributed by atoms with E-state index in [-0.39, 0.29) is 0 Å². The van der Waals surface area contributed by atoms with Gasteiger partial charge < -0.3 is 15.4 Å². The fourth-order valence-corrected chi connectivity index (χ4v) is 3.19. The van der Waals surface area contributed by atoms with Gasteiger partial charge in [0.25, 0.3) is 0 Å². The van der Waals surface area contributed by atoms with Gasteiger partial charge in [0.05, 0.1) is 6.10 Å². The van der Waals surface area contributed by atoms with E-state index in [9.17, 15) is 0 Å². The third-order valence-corrected chi connectivity index (χ3v) is 4.29. The number of rotatable bonds is 6. The van der Waals surface area contributed by atoms with Crippen LogP contribution in [-0.4, -0.2) is 43.8 Å². The van der Waals surface area contributed by atoms with Gasteiger partial charge in [0, 0.05) is 13.2 Å². The molecular formula is C14H28N2O. The van der Waals surface area contributed by atoms with Crippen molar-refractivity contribution in [2.24, 2.45) is 11.7 Å². The molecule has 2 rings (SSSR count). The summed E-state index contributed by atoms with van der Waals surface area (Å²) in [6.45, 7) is 5.55. The fraction of sp³-hybridized carbons (Fsp3) is 1.00. The Kier molecular flexibility index (Phi) is 5.75. The van der Waals surface area contributed by atoms with Crippen LogP contribution < -0.4 is 5.73 Å². The molecule has 0 radical (unpaired) electrons. The van der Waals surface area contributed by atoms with Crippen molar-refractivity contribution in [2.45, 2.75) is 51.0 Å². The lowest BCUT2D eigenvalue weighted by Gasteiger charge is -2.30. The Morgan fingerprint density at radius 1 is 1.06 bits per heavy atom. The van der Waals surface area contributed by atoms with Crippen LogP contribution in [-0.2, 0) is 4.74 Å². The van der Waals surface area contributed by atoms with Crippen LogP contribution in [0.1, 0.15) is 44.9 Å². The van der Waals surface area contributed by atoms with Crippen molar-refractivity contribution in [1.29, 1.82) is 0 Å². The third-order valence-electron chi connectivity index (χ3n) is 4.29. The molecule has 2 fully saturated rings. The number of nitrogens with two attached hydrogens (primary N) is 1. The Bertz CT molecular complexity index is 204. The fourth-order valence-electron chi connectivity index (χ4n) is 3.19. The van der Waals surface area contributed by atoms with Gasteiger partial charge in [0.15, 0.2) is 0 Å². The minimum absolute atomic E-state index is 0.451. The van der Waals surface area contributed by atoms with Gasteiger partial charge in [-0.2, -0.15) is 0 Å². The molecule has 3 nitrogen and oxygen atoms in total. The summed E-state index contributed by atoms with van der Waals surface area (Å²) < 4.78 is 6.04. The maximum Gasteiger partial charge on any atom is 0.0615 e. The molecule has 0 spiro atoms. The van der Waals surface area contributed by atoms with E-state index in [1.54, 1.807) is 0 Å². The molecule has 17 heavy (non-hydrogen) atoms. The zero-order valence-corrected chi connectivity index (χ0v) is 11.1. The average Bonchev–Trinajstić information content (AvgIpc) is 2.88. The van der Waals surface area contributed by atoms with E-state index in [0.717, 1.165) is 13.2 Å². The summed E-state index contributed by atoms with van der Waals surface area (Å²) in [5.41, 5.74) is 5.81. The van der Waals surface area contributed by atoms with Gasteiger partial charge in [0.1, 0.15) is 0 Å². The van der Waals surface area contributed by atoms with Crippen LogP contribution in [0.3, 0.4) is 0 Å². The van der Waals surface area contributed by atoms with Gasteiger partial charge >= 0.3 is 0 Å². The summed E-state index contributed by atoms with van der Waals surface area (Å²) in [7, 11) is 0. The second-order valence-electron chi connectivity index (χ2n) is 5.59. The smallest absolute Gasteiger partial charge is 0.0615 e. The molecule has 1 heterocycles. The van der Waals surface area contributed by atoms with Crippen LogP contribution in [0.5, 0.6) is 0 Å². The van der Waals surface area contributed by atoms with E-state index in [2.05, 4.69) is 4.90 Å². The van der Waals surface area contributed by atoms with Crippen LogP contribution in [0, 0.1) is 5.92 Å². The summed E-state index contributed by atoms with van der Waals surface area (Å²) in [5, 5.41) is 0. The Morgan fingerprint density at radius 2 is 1.82 bits per heavy atom. The van der Waals surface area contributed by atoms with Crippen molar-refractivity contribution >= 4 is 0 Å². The molecule has 2 unspecified atom stereocenters. The highest BCUT2D eigenvalue weighted by Gasteiger charge is 2.24. The van der Waals surface area contributed by atoms with E-state index < -0.39 is 0 Å². The zero-order valence-electron chi connectivity index (χ0n) is 11.1. The van der Waals surface area contributed by atoms with Gasteiger partial charge in [-0.05, 0) is 57.7 Å². The quantitative estimate of drug-likeness (QED) is 0.722. The highest BCUT2D eigenvalue weighted by molar-refractivity contribution is 4.76. The van der Waals surface area contributed by atoms with Gasteiger partial charge in [-0.25, -0.2) is 0 Å². The maximum absolute atomic E-state index is 6.04. The molecule has 1 saturated heterocycles. The van der Waals surface area contributed by atoms with E-state index in [4.69, 9.17) is 10.5 Å². The minimum atomic E-state index is 0.451. The van der Waals surface area contributed by atoms with Gasteiger partial charge in [-0.15, -0.1) is 0 Å². The predicted octanol–water partition coefficient (Wildman–Crippen LogP) is 2.01. The van der Waals surface area contributed by atoms with Crippen molar-refractivity contribution in [2.75, 3.05) is 32.8 Å². The van der Waals surface area contributed by atoms with Crippen molar-refractivity contribution < 1.29 is 4.74 Å². The zero-order chi connectivity index (χ0) is 11.9. The van der Waals surface area contributed by atoms with Gasteiger partial charge in [-0.1, -0.05) is 12.8 Å². The van der Waals surface area contributed by atoms with Crippen LogP contribution in [0.25, 0.3) is 0 Å². The molecule has 1 aliphatic heterocycles. The van der Waals surface area contributed by atoms with Gasteiger partial charge in [-0.3, -0.25) is 0 Å². The van der Waals surface area contributed by atoms with E-state index in [1.165, 1.54) is 64.6 Å². The standard InChI is InChI=1S/C14H28N2O/c15-12-13-6-1-2-7-14(13)17-11-5-10-16-8-3-4-9-16/h13-14H,1-12,15H2. The summed E-state index contributed by atoms with van der Waals surface area (Å²) in [6, 6.07) is 0. The molecule has 0 aromatic heterocycles. The van der Waals surface area contributed by atoms with Crippen LogP contribution >= 0.6 is 0 Å². The molecule has 0 bridgehead atoms. The highest BCUT2D eigenvalue weighted by Crippen LogP contribution is 2.26. The lowest BCUT2D eigenvalue weighted by Crippen LogP contribution is -2.33. The molecule has 0 aromatic carbocycles. The third kappa shape index (κ3) is 4.23. The first kappa shape index (κ1) is 13.3. The lowest BCUT2D eigenvalue weighted by molar-refractivity contribution is -0.0108. The Morgan fingerprint density at radius 3 is 2.59 bits per heavy atom. The minimum Gasteiger partial charge on any atom is -0.378 e. The molecule has 0 aromatic rings. The number of likely N-dealkylation sites (tertiary alicyclic amines) is 1. The number of hydrogen-bond donors (Lipinski definition) is 1. The highest BCUT2D eigenvalue weighted by atomic mass is 16.5. The molecule has 100 valence electrons. The molecule has 1 aliphatic carbocycles. The van der Waals surface area contributed by atoms with E-state index in [1.807, 2.05) is 0 Å². The Balaban J connectivity index is 1.56. The number of ether oxygens (including phenoxy) is 1. The lowest BCUT2D eigenvalue weighted by atomic mass is 9.86. The molecule has 2 atom stereocenters. The number of nitrogens with zero attached hydrogens (tertiary/aromatic N) is 1. The normalized spacial score (nSPS) is 30.9. The molecule has 3 heteroatoms. The van der Waals surface area contributed by atoms with Crippen LogP contribution in [0.2, 0.25) is 0 Å². The number of hydrogen-bond acceptors (Lipinski definition) is 3. The maximum atomic E-state index is 6.04. The molecule has 2 aliphatic rings. The van der Waals surface area contributed by atoms with E-state index in [0.29, 0.717) is 12.0 Å². The first-order valence-corrected chi connectivity index (χ1v) is 7.44. The van der Waals surface area contributed by atoms with Gasteiger partial charge in [0.2, 0.25) is 0 Å². The summed E-state index contributed by atoms with van der Waals surface area (Å²) >= 11 is 0. The Labute approximate surface area is 106 Å². The molecule has 1 saturated carbocycles. The summed E-state index contributed by atoms with van der Waals surface area (Å²) in [6.07, 6.45) is 9.58. The summed E-state index contributed by atoms with van der Waals surface area (Å²) in [4.78, 5) is 2.56. The van der Waals surface area contributed by atoms with Crippen LogP contribution in [0.4, 0.5) is 0 Å². The SMILES string of the molecule is NCC1CCCCC1OCCCN1CCCC1. The van der Waals surface area contributed by atoms with Crippen molar-refractivity contribution in [1.82, 2.24) is 4.90 Å². The molecule has 2 N–H and O–H groups in total. The largest absolute Gasteiger partial charge is 0.378 e. The average molecular weight is 240 g/mol. The monoisotopic (exact) mass is 240 g/mol. The Hall–Kier alpha value is -0.120. The predicted molar refractivity (Wildman–Crippen MR) is 71.0 cm³/mol. The molecule has 0 amide bonds. The summed E-state index contributed by atoms with van der Waals surface area (Å²) in [5.74, 6) is 0.621. The van der Waals surface area contributed by atoms with Crippen molar-refractivity contribution in [3.63, 3.8) is 0 Å². The van der Waals surface area contributed by atoms with Crippen molar-refractivity contribution in [3.8, 4) is 0 Å². The van der Waals surface area contributed by atoms with Crippen molar-refractivity contribution in [3.05, 3.63) is 0 Å².